The number of para-hydroxylation sites is 1. The van der Waals surface area contributed by atoms with Crippen LogP contribution in [0.15, 0.2) is 43.0 Å². The maximum atomic E-state index is 9.91. The second-order valence-corrected chi connectivity index (χ2v) is 5.14. The fraction of sp³-hybridized carbons (Fsp3) is 0.500. The number of hydrogen-bond donors (Lipinski definition) is 1. The molecule has 0 saturated carbocycles. The molecule has 19 heavy (non-hydrogen) atoms. The van der Waals surface area contributed by atoms with Crippen LogP contribution in [0, 0.1) is 0 Å². The first-order valence-electron chi connectivity index (χ1n) is 7.11. The Kier molecular flexibility index (Phi) is 5.43. The van der Waals surface area contributed by atoms with Crippen molar-refractivity contribution in [1.82, 2.24) is 4.90 Å². The molecule has 1 fully saturated rings. The van der Waals surface area contributed by atoms with Crippen LogP contribution in [0.2, 0.25) is 0 Å². The summed E-state index contributed by atoms with van der Waals surface area (Å²) in [6.45, 7) is 8.62. The summed E-state index contributed by atoms with van der Waals surface area (Å²) in [5.41, 5.74) is 1.30. The molecule has 0 amide bonds. The zero-order valence-corrected chi connectivity index (χ0v) is 11.5. The van der Waals surface area contributed by atoms with Crippen molar-refractivity contribution in [3.63, 3.8) is 0 Å². The predicted octanol–water partition coefficient (Wildman–Crippen LogP) is 2.14. The SMILES string of the molecule is C=CCCC(O)CN1CCN(c2ccccc2)CC1. The van der Waals surface area contributed by atoms with Crippen molar-refractivity contribution in [3.8, 4) is 0 Å². The molecule has 1 aliphatic rings. The topological polar surface area (TPSA) is 26.7 Å². The summed E-state index contributed by atoms with van der Waals surface area (Å²) in [4.78, 5) is 4.76. The molecule has 1 aromatic carbocycles. The Hall–Kier alpha value is -1.32. The van der Waals surface area contributed by atoms with Crippen LogP contribution in [-0.2, 0) is 0 Å². The first-order valence-corrected chi connectivity index (χ1v) is 7.11. The highest BCUT2D eigenvalue weighted by Gasteiger charge is 2.18. The Morgan fingerprint density at radius 2 is 1.84 bits per heavy atom. The molecule has 104 valence electrons. The van der Waals surface area contributed by atoms with Gasteiger partial charge in [-0.05, 0) is 25.0 Å². The van der Waals surface area contributed by atoms with Crippen molar-refractivity contribution in [3.05, 3.63) is 43.0 Å². The maximum absolute atomic E-state index is 9.91. The molecule has 0 spiro atoms. The minimum absolute atomic E-state index is 0.221. The molecule has 0 aromatic heterocycles. The van der Waals surface area contributed by atoms with Crippen molar-refractivity contribution >= 4 is 5.69 Å². The number of piperazine rings is 1. The van der Waals surface area contributed by atoms with Gasteiger partial charge in [-0.15, -0.1) is 6.58 Å². The standard InChI is InChI=1S/C16H24N2O/c1-2-3-9-16(19)14-17-10-12-18(13-11-17)15-7-5-4-6-8-15/h2,4-8,16,19H,1,3,9-14H2. The number of rotatable bonds is 6. The van der Waals surface area contributed by atoms with E-state index in [1.54, 1.807) is 0 Å². The van der Waals surface area contributed by atoms with E-state index in [1.807, 2.05) is 6.08 Å². The molecule has 1 saturated heterocycles. The molecule has 1 aromatic rings. The Bertz CT molecular complexity index is 372. The summed E-state index contributed by atoms with van der Waals surface area (Å²) in [5, 5.41) is 9.91. The van der Waals surface area contributed by atoms with Crippen LogP contribution >= 0.6 is 0 Å². The quantitative estimate of drug-likeness (QED) is 0.794. The van der Waals surface area contributed by atoms with E-state index in [0.29, 0.717) is 0 Å². The van der Waals surface area contributed by atoms with Crippen LogP contribution < -0.4 is 4.90 Å². The van der Waals surface area contributed by atoms with Crippen LogP contribution in [0.25, 0.3) is 0 Å². The van der Waals surface area contributed by atoms with E-state index in [2.05, 4.69) is 46.7 Å². The first kappa shape index (κ1) is 14.1. The summed E-state index contributed by atoms with van der Waals surface area (Å²) < 4.78 is 0. The van der Waals surface area contributed by atoms with Crippen LogP contribution in [0.4, 0.5) is 5.69 Å². The molecule has 1 atom stereocenters. The Morgan fingerprint density at radius 1 is 1.16 bits per heavy atom. The van der Waals surface area contributed by atoms with Gasteiger partial charge in [-0.2, -0.15) is 0 Å². The van der Waals surface area contributed by atoms with Crippen molar-refractivity contribution in [2.45, 2.75) is 18.9 Å². The fourth-order valence-electron chi connectivity index (χ4n) is 2.53. The molecule has 1 aliphatic heterocycles. The van der Waals surface area contributed by atoms with Crippen molar-refractivity contribution < 1.29 is 5.11 Å². The average molecular weight is 260 g/mol. The lowest BCUT2D eigenvalue weighted by Gasteiger charge is -2.36. The van der Waals surface area contributed by atoms with Crippen molar-refractivity contribution in [1.29, 1.82) is 0 Å². The third-order valence-corrected chi connectivity index (χ3v) is 3.67. The number of hydrogen-bond acceptors (Lipinski definition) is 3. The van der Waals surface area contributed by atoms with Gasteiger partial charge < -0.3 is 10.0 Å². The van der Waals surface area contributed by atoms with Gasteiger partial charge in [0.25, 0.3) is 0 Å². The summed E-state index contributed by atoms with van der Waals surface area (Å²) in [5.74, 6) is 0. The van der Waals surface area contributed by atoms with Gasteiger partial charge in [0, 0.05) is 38.4 Å². The lowest BCUT2D eigenvalue weighted by Crippen LogP contribution is -2.48. The summed E-state index contributed by atoms with van der Waals surface area (Å²) >= 11 is 0. The highest BCUT2D eigenvalue weighted by atomic mass is 16.3. The highest BCUT2D eigenvalue weighted by molar-refractivity contribution is 5.46. The summed E-state index contributed by atoms with van der Waals surface area (Å²) in [6, 6.07) is 10.5. The molecular weight excluding hydrogens is 236 g/mol. The van der Waals surface area contributed by atoms with Crippen molar-refractivity contribution in [2.24, 2.45) is 0 Å². The minimum atomic E-state index is -0.221. The van der Waals surface area contributed by atoms with E-state index in [1.165, 1.54) is 5.69 Å². The Balaban J connectivity index is 1.75. The second kappa shape index (κ2) is 7.31. The molecule has 3 heteroatoms. The smallest absolute Gasteiger partial charge is 0.0670 e. The number of anilines is 1. The van der Waals surface area contributed by atoms with E-state index >= 15 is 0 Å². The van der Waals surface area contributed by atoms with Gasteiger partial charge in [0.2, 0.25) is 0 Å². The summed E-state index contributed by atoms with van der Waals surface area (Å²) in [7, 11) is 0. The molecule has 0 aliphatic carbocycles. The zero-order valence-electron chi connectivity index (χ0n) is 11.5. The van der Waals surface area contributed by atoms with Gasteiger partial charge in [-0.1, -0.05) is 24.3 Å². The molecular formula is C16H24N2O. The van der Waals surface area contributed by atoms with Gasteiger partial charge in [0.05, 0.1) is 6.10 Å². The predicted molar refractivity (Wildman–Crippen MR) is 80.5 cm³/mol. The number of allylic oxidation sites excluding steroid dienone is 1. The molecule has 2 rings (SSSR count). The highest BCUT2D eigenvalue weighted by Crippen LogP contribution is 2.15. The van der Waals surface area contributed by atoms with E-state index in [-0.39, 0.29) is 6.10 Å². The largest absolute Gasteiger partial charge is 0.392 e. The molecule has 0 radical (unpaired) electrons. The van der Waals surface area contributed by atoms with Crippen LogP contribution in [0.1, 0.15) is 12.8 Å². The normalized spacial score (nSPS) is 18.3. The molecule has 0 bridgehead atoms. The lowest BCUT2D eigenvalue weighted by molar-refractivity contribution is 0.103. The molecule has 1 N–H and O–H groups in total. The van der Waals surface area contributed by atoms with Gasteiger partial charge >= 0.3 is 0 Å². The molecule has 1 heterocycles. The lowest BCUT2D eigenvalue weighted by atomic mass is 10.1. The van der Waals surface area contributed by atoms with Gasteiger partial charge in [0.1, 0.15) is 0 Å². The average Bonchev–Trinajstić information content (AvgIpc) is 2.47. The monoisotopic (exact) mass is 260 g/mol. The molecule has 3 nitrogen and oxygen atoms in total. The van der Waals surface area contributed by atoms with Crippen molar-refractivity contribution in [2.75, 3.05) is 37.6 Å². The number of aliphatic hydroxyl groups excluding tert-OH is 1. The maximum Gasteiger partial charge on any atom is 0.0670 e. The van der Waals surface area contributed by atoms with Gasteiger partial charge in [-0.3, -0.25) is 4.90 Å². The van der Waals surface area contributed by atoms with Gasteiger partial charge in [0.15, 0.2) is 0 Å². The third-order valence-electron chi connectivity index (χ3n) is 3.67. The number of aliphatic hydroxyl groups is 1. The zero-order chi connectivity index (χ0) is 13.5. The summed E-state index contributed by atoms with van der Waals surface area (Å²) in [6.07, 6.45) is 3.37. The van der Waals surface area contributed by atoms with E-state index in [9.17, 15) is 5.11 Å². The van der Waals surface area contributed by atoms with E-state index in [0.717, 1.165) is 45.6 Å². The van der Waals surface area contributed by atoms with Gasteiger partial charge in [-0.25, -0.2) is 0 Å². The van der Waals surface area contributed by atoms with Crippen LogP contribution in [0.5, 0.6) is 0 Å². The first-order chi connectivity index (χ1) is 9.29. The van der Waals surface area contributed by atoms with E-state index in [4.69, 9.17) is 0 Å². The fourth-order valence-corrected chi connectivity index (χ4v) is 2.53. The molecule has 1 unspecified atom stereocenters. The minimum Gasteiger partial charge on any atom is -0.392 e. The number of benzene rings is 1. The number of nitrogens with zero attached hydrogens (tertiary/aromatic N) is 2. The Labute approximate surface area is 116 Å². The van der Waals surface area contributed by atoms with Crippen LogP contribution in [0.3, 0.4) is 0 Å². The second-order valence-electron chi connectivity index (χ2n) is 5.14. The Morgan fingerprint density at radius 3 is 2.47 bits per heavy atom. The van der Waals surface area contributed by atoms with E-state index < -0.39 is 0 Å². The third kappa shape index (κ3) is 4.37. The number of β-amino-alcohol motifs (C(OH)–C–C–N with tert-alkyl or cyclic N) is 1. The van der Waals surface area contributed by atoms with Crippen LogP contribution in [-0.4, -0.2) is 48.8 Å².